The standard InChI is InChI=1S/C19H36O2/c1-3-4-5-6-7-8-9-10-11-12-13-14-15-16-17-18-19(20)21-2/h10-11H,3-9,12-18H2,1-2H3. The summed E-state index contributed by atoms with van der Waals surface area (Å²) >= 11 is 0. The topological polar surface area (TPSA) is 26.3 Å². The van der Waals surface area contributed by atoms with E-state index in [2.05, 4.69) is 23.8 Å². The summed E-state index contributed by atoms with van der Waals surface area (Å²) in [5.74, 6) is -0.0763. The molecule has 0 radical (unpaired) electrons. The Kier molecular flexibility index (Phi) is 16.6. The van der Waals surface area contributed by atoms with E-state index in [9.17, 15) is 4.79 Å². The number of hydrogen-bond donors (Lipinski definition) is 0. The van der Waals surface area contributed by atoms with Crippen LogP contribution >= 0.6 is 0 Å². The molecule has 0 aromatic heterocycles. The normalized spacial score (nSPS) is 11.1. The van der Waals surface area contributed by atoms with E-state index < -0.39 is 0 Å². The summed E-state index contributed by atoms with van der Waals surface area (Å²) in [6.07, 6.45) is 22.0. The van der Waals surface area contributed by atoms with Crippen LogP contribution in [0.1, 0.15) is 96.8 Å². The molecule has 0 rings (SSSR count). The number of rotatable bonds is 15. The molecule has 0 bridgehead atoms. The third-order valence-corrected chi connectivity index (χ3v) is 3.87. The lowest BCUT2D eigenvalue weighted by Gasteiger charge is -2.00. The van der Waals surface area contributed by atoms with Gasteiger partial charge >= 0.3 is 5.97 Å². The Morgan fingerprint density at radius 3 is 1.76 bits per heavy atom. The minimum absolute atomic E-state index is 0.0763. The van der Waals surface area contributed by atoms with Gasteiger partial charge in [-0.05, 0) is 32.1 Å². The number of esters is 1. The molecule has 21 heavy (non-hydrogen) atoms. The Balaban J connectivity index is 3.10. The highest BCUT2D eigenvalue weighted by molar-refractivity contribution is 5.68. The largest absolute Gasteiger partial charge is 0.469 e. The average Bonchev–Trinajstić information content (AvgIpc) is 2.50. The summed E-state index contributed by atoms with van der Waals surface area (Å²) in [7, 11) is 1.46. The summed E-state index contributed by atoms with van der Waals surface area (Å²) in [5.41, 5.74) is 0. The van der Waals surface area contributed by atoms with E-state index in [0.29, 0.717) is 6.42 Å². The predicted molar refractivity (Wildman–Crippen MR) is 91.5 cm³/mol. The predicted octanol–water partition coefficient (Wildman–Crippen LogP) is 6.20. The maximum Gasteiger partial charge on any atom is 0.305 e. The van der Waals surface area contributed by atoms with Crippen LogP contribution in [0.2, 0.25) is 0 Å². The highest BCUT2D eigenvalue weighted by atomic mass is 16.5. The van der Waals surface area contributed by atoms with Crippen LogP contribution < -0.4 is 0 Å². The first-order valence-corrected chi connectivity index (χ1v) is 9.03. The first kappa shape index (κ1) is 20.2. The first-order valence-electron chi connectivity index (χ1n) is 9.03. The van der Waals surface area contributed by atoms with Crippen LogP contribution in [-0.4, -0.2) is 13.1 Å². The van der Waals surface area contributed by atoms with Gasteiger partial charge in [-0.1, -0.05) is 70.4 Å². The number of carbonyl (C=O) groups is 1. The summed E-state index contributed by atoms with van der Waals surface area (Å²) in [6.45, 7) is 2.27. The summed E-state index contributed by atoms with van der Waals surface area (Å²) in [4.78, 5) is 10.9. The zero-order chi connectivity index (χ0) is 15.6. The molecule has 124 valence electrons. The van der Waals surface area contributed by atoms with Crippen molar-refractivity contribution in [3.8, 4) is 0 Å². The second-order valence-electron chi connectivity index (χ2n) is 5.91. The van der Waals surface area contributed by atoms with Crippen molar-refractivity contribution in [2.45, 2.75) is 96.8 Å². The SMILES string of the molecule is CCCCCCCCC=CCCCCCCCC(=O)OC. The van der Waals surface area contributed by atoms with E-state index in [1.54, 1.807) is 0 Å². The molecule has 0 fully saturated rings. The molecule has 0 saturated carbocycles. The molecule has 0 aliphatic carbocycles. The van der Waals surface area contributed by atoms with Crippen molar-refractivity contribution < 1.29 is 9.53 Å². The van der Waals surface area contributed by atoms with Gasteiger partial charge in [-0.25, -0.2) is 0 Å². The molecule has 0 aliphatic heterocycles. The van der Waals surface area contributed by atoms with Gasteiger partial charge in [0.25, 0.3) is 0 Å². The van der Waals surface area contributed by atoms with Crippen LogP contribution in [-0.2, 0) is 9.53 Å². The van der Waals surface area contributed by atoms with Crippen LogP contribution in [0.3, 0.4) is 0 Å². The average molecular weight is 296 g/mol. The fourth-order valence-electron chi connectivity index (χ4n) is 2.44. The van der Waals surface area contributed by atoms with Gasteiger partial charge in [0.05, 0.1) is 7.11 Å². The van der Waals surface area contributed by atoms with E-state index in [1.807, 2.05) is 0 Å². The molecule has 0 spiro atoms. The third-order valence-electron chi connectivity index (χ3n) is 3.87. The van der Waals surface area contributed by atoms with Crippen molar-refractivity contribution in [2.75, 3.05) is 7.11 Å². The molecule has 0 aliphatic rings. The second-order valence-corrected chi connectivity index (χ2v) is 5.91. The lowest BCUT2D eigenvalue weighted by molar-refractivity contribution is -0.140. The molecule has 2 nitrogen and oxygen atoms in total. The number of methoxy groups -OCH3 is 1. The van der Waals surface area contributed by atoms with Crippen molar-refractivity contribution in [2.24, 2.45) is 0 Å². The monoisotopic (exact) mass is 296 g/mol. The van der Waals surface area contributed by atoms with E-state index in [0.717, 1.165) is 12.8 Å². The van der Waals surface area contributed by atoms with Gasteiger partial charge in [0, 0.05) is 6.42 Å². The van der Waals surface area contributed by atoms with Gasteiger partial charge in [-0.3, -0.25) is 4.79 Å². The Labute approximate surface area is 132 Å². The van der Waals surface area contributed by atoms with Crippen molar-refractivity contribution >= 4 is 5.97 Å². The molecule has 0 saturated heterocycles. The second kappa shape index (κ2) is 17.3. The molecule has 0 heterocycles. The fourth-order valence-corrected chi connectivity index (χ4v) is 2.44. The zero-order valence-corrected chi connectivity index (χ0v) is 14.4. The summed E-state index contributed by atoms with van der Waals surface area (Å²) < 4.78 is 4.62. The first-order chi connectivity index (χ1) is 10.3. The molecular weight excluding hydrogens is 260 g/mol. The van der Waals surface area contributed by atoms with Crippen molar-refractivity contribution in [3.63, 3.8) is 0 Å². The van der Waals surface area contributed by atoms with Crippen LogP contribution in [0.5, 0.6) is 0 Å². The minimum atomic E-state index is -0.0763. The number of carbonyl (C=O) groups excluding carboxylic acids is 1. The quantitative estimate of drug-likeness (QED) is 0.204. The fraction of sp³-hybridized carbons (Fsp3) is 0.842. The Bertz CT molecular complexity index is 246. The van der Waals surface area contributed by atoms with Gasteiger partial charge in [0.2, 0.25) is 0 Å². The van der Waals surface area contributed by atoms with Crippen molar-refractivity contribution in [1.82, 2.24) is 0 Å². The Morgan fingerprint density at radius 2 is 1.24 bits per heavy atom. The number of unbranched alkanes of at least 4 members (excludes halogenated alkanes) is 11. The Hall–Kier alpha value is -0.790. The van der Waals surface area contributed by atoms with Crippen molar-refractivity contribution in [1.29, 1.82) is 0 Å². The van der Waals surface area contributed by atoms with Crippen LogP contribution in [0, 0.1) is 0 Å². The number of allylic oxidation sites excluding steroid dienone is 2. The van der Waals surface area contributed by atoms with E-state index in [-0.39, 0.29) is 5.97 Å². The van der Waals surface area contributed by atoms with Gasteiger partial charge in [0.15, 0.2) is 0 Å². The van der Waals surface area contributed by atoms with Gasteiger partial charge in [-0.2, -0.15) is 0 Å². The maximum absolute atomic E-state index is 10.9. The molecule has 0 unspecified atom stereocenters. The molecule has 0 atom stereocenters. The van der Waals surface area contributed by atoms with Gasteiger partial charge in [0.1, 0.15) is 0 Å². The van der Waals surface area contributed by atoms with Crippen LogP contribution in [0.15, 0.2) is 12.2 Å². The molecule has 0 aromatic rings. The lowest BCUT2D eigenvalue weighted by Crippen LogP contribution is -1.98. The summed E-state index contributed by atoms with van der Waals surface area (Å²) in [6, 6.07) is 0. The smallest absolute Gasteiger partial charge is 0.305 e. The zero-order valence-electron chi connectivity index (χ0n) is 14.4. The van der Waals surface area contributed by atoms with E-state index in [4.69, 9.17) is 0 Å². The van der Waals surface area contributed by atoms with Crippen LogP contribution in [0.25, 0.3) is 0 Å². The van der Waals surface area contributed by atoms with Crippen LogP contribution in [0.4, 0.5) is 0 Å². The molecule has 2 heteroatoms. The highest BCUT2D eigenvalue weighted by Crippen LogP contribution is 2.10. The Morgan fingerprint density at radius 1 is 0.762 bits per heavy atom. The molecule has 0 aromatic carbocycles. The van der Waals surface area contributed by atoms with E-state index >= 15 is 0 Å². The number of ether oxygens (including phenoxy) is 1. The molecule has 0 amide bonds. The highest BCUT2D eigenvalue weighted by Gasteiger charge is 1.98. The minimum Gasteiger partial charge on any atom is -0.469 e. The van der Waals surface area contributed by atoms with E-state index in [1.165, 1.54) is 77.7 Å². The lowest BCUT2D eigenvalue weighted by atomic mass is 10.1. The molecule has 0 N–H and O–H groups in total. The third kappa shape index (κ3) is 17.2. The van der Waals surface area contributed by atoms with Gasteiger partial charge < -0.3 is 4.74 Å². The molecular formula is C19H36O2. The maximum atomic E-state index is 10.9. The number of hydrogen-bond acceptors (Lipinski definition) is 2. The van der Waals surface area contributed by atoms with Crippen molar-refractivity contribution in [3.05, 3.63) is 12.2 Å². The van der Waals surface area contributed by atoms with Gasteiger partial charge in [-0.15, -0.1) is 0 Å². The summed E-state index contributed by atoms with van der Waals surface area (Å²) in [5, 5.41) is 0.